The number of amides is 1. The molecule has 0 radical (unpaired) electrons. The van der Waals surface area contributed by atoms with Crippen molar-refractivity contribution < 1.29 is 31.5 Å². The van der Waals surface area contributed by atoms with E-state index in [1.165, 1.54) is 38.1 Å². The summed E-state index contributed by atoms with van der Waals surface area (Å²) in [5.74, 6) is -3.75. The van der Waals surface area contributed by atoms with E-state index in [2.05, 4.69) is 5.32 Å². The van der Waals surface area contributed by atoms with E-state index in [0.717, 1.165) is 18.2 Å². The molecule has 0 bridgehead atoms. The predicted molar refractivity (Wildman–Crippen MR) is 94.0 cm³/mol. The van der Waals surface area contributed by atoms with Crippen molar-refractivity contribution in [3.8, 4) is 0 Å². The van der Waals surface area contributed by atoms with E-state index in [0.29, 0.717) is 0 Å². The maximum absolute atomic E-state index is 13.6. The lowest BCUT2D eigenvalue weighted by Crippen LogP contribution is -2.30. The van der Waals surface area contributed by atoms with Crippen LogP contribution in [-0.4, -0.2) is 32.2 Å². The zero-order valence-electron chi connectivity index (χ0n) is 14.5. The topological polar surface area (TPSA) is 89.5 Å². The Bertz CT molecular complexity index is 975. The fourth-order valence-corrected chi connectivity index (χ4v) is 3.25. The molecule has 144 valence electrons. The van der Waals surface area contributed by atoms with Gasteiger partial charge in [0.25, 0.3) is 5.91 Å². The summed E-state index contributed by atoms with van der Waals surface area (Å²) in [6, 6.07) is 7.96. The Kier molecular flexibility index (Phi) is 6.27. The quantitative estimate of drug-likeness (QED) is 0.757. The number of sulfone groups is 1. The van der Waals surface area contributed by atoms with E-state index < -0.39 is 45.1 Å². The Balaban J connectivity index is 2.16. The normalized spacial score (nSPS) is 12.3. The van der Waals surface area contributed by atoms with Gasteiger partial charge in [0.1, 0.15) is 11.6 Å². The van der Waals surface area contributed by atoms with E-state index in [1.807, 2.05) is 0 Å². The number of hydrogen-bond donors (Lipinski definition) is 1. The van der Waals surface area contributed by atoms with Gasteiger partial charge in [0.05, 0.1) is 21.9 Å². The van der Waals surface area contributed by atoms with Crippen LogP contribution in [0.1, 0.15) is 24.2 Å². The fraction of sp³-hybridized carbons (Fsp3) is 0.222. The zero-order valence-corrected chi connectivity index (χ0v) is 15.3. The zero-order chi connectivity index (χ0) is 20.2. The summed E-state index contributed by atoms with van der Waals surface area (Å²) in [7, 11) is -3.68. The Morgan fingerprint density at radius 3 is 2.48 bits per heavy atom. The van der Waals surface area contributed by atoms with Gasteiger partial charge in [0.2, 0.25) is 0 Å². The first kappa shape index (κ1) is 20.5. The van der Waals surface area contributed by atoms with Crippen molar-refractivity contribution in [1.29, 1.82) is 0 Å². The summed E-state index contributed by atoms with van der Waals surface area (Å²) >= 11 is 0. The molecule has 1 N–H and O–H groups in total. The van der Waals surface area contributed by atoms with Crippen LogP contribution in [0.2, 0.25) is 0 Å². The van der Waals surface area contributed by atoms with Crippen LogP contribution in [0, 0.1) is 11.6 Å². The number of carbonyl (C=O) groups excluding carboxylic acids is 2. The second-order valence-corrected chi connectivity index (χ2v) is 7.81. The van der Waals surface area contributed by atoms with Gasteiger partial charge in [-0.05, 0) is 31.2 Å². The average Bonchev–Trinajstić information content (AvgIpc) is 2.64. The molecule has 0 saturated carbocycles. The molecule has 0 spiro atoms. The van der Waals surface area contributed by atoms with E-state index in [4.69, 9.17) is 4.74 Å². The highest BCUT2D eigenvalue weighted by Crippen LogP contribution is 2.19. The number of benzene rings is 2. The molecule has 2 rings (SSSR count). The van der Waals surface area contributed by atoms with E-state index in [-0.39, 0.29) is 16.2 Å². The van der Waals surface area contributed by atoms with Crippen LogP contribution in [0.15, 0.2) is 47.4 Å². The number of hydrogen-bond acceptors (Lipinski definition) is 5. The molecule has 9 heteroatoms. The average molecular weight is 397 g/mol. The first-order valence-corrected chi connectivity index (χ1v) is 9.59. The Labute approximate surface area is 155 Å². The monoisotopic (exact) mass is 397 g/mol. The van der Waals surface area contributed by atoms with Crippen molar-refractivity contribution in [2.45, 2.75) is 24.8 Å². The molecule has 6 nitrogen and oxygen atoms in total. The van der Waals surface area contributed by atoms with Gasteiger partial charge in [-0.1, -0.05) is 19.1 Å². The van der Waals surface area contributed by atoms with Crippen LogP contribution in [0.3, 0.4) is 0 Å². The molecule has 0 aliphatic heterocycles. The Morgan fingerprint density at radius 1 is 1.15 bits per heavy atom. The van der Waals surface area contributed by atoms with E-state index in [9.17, 15) is 26.8 Å². The molecule has 0 heterocycles. The van der Waals surface area contributed by atoms with Crippen molar-refractivity contribution in [1.82, 2.24) is 0 Å². The Hall–Kier alpha value is -2.81. The minimum atomic E-state index is -3.68. The molecule has 0 aliphatic rings. The first-order valence-electron chi connectivity index (χ1n) is 7.94. The van der Waals surface area contributed by atoms with Crippen molar-refractivity contribution in [2.24, 2.45) is 0 Å². The first-order chi connectivity index (χ1) is 12.7. The highest BCUT2D eigenvalue weighted by Gasteiger charge is 2.25. The molecular formula is C18H17F2NO5S. The molecule has 1 amide bonds. The van der Waals surface area contributed by atoms with Gasteiger partial charge in [0.15, 0.2) is 15.9 Å². The largest absolute Gasteiger partial charge is 0.449 e. The maximum Gasteiger partial charge on any atom is 0.340 e. The minimum absolute atomic E-state index is 0.207. The second kappa shape index (κ2) is 8.26. The van der Waals surface area contributed by atoms with Crippen LogP contribution in [0.25, 0.3) is 0 Å². The highest BCUT2D eigenvalue weighted by molar-refractivity contribution is 7.91. The van der Waals surface area contributed by atoms with Crippen LogP contribution in [-0.2, 0) is 19.4 Å². The molecule has 1 atom stereocenters. The van der Waals surface area contributed by atoms with Gasteiger partial charge < -0.3 is 10.1 Å². The predicted octanol–water partition coefficient (Wildman–Crippen LogP) is 2.94. The highest BCUT2D eigenvalue weighted by atomic mass is 32.2. The van der Waals surface area contributed by atoms with Crippen LogP contribution in [0.4, 0.5) is 14.5 Å². The summed E-state index contributed by atoms with van der Waals surface area (Å²) in [5.41, 5.74) is -0.618. The number of carbonyl (C=O) groups is 2. The van der Waals surface area contributed by atoms with Crippen LogP contribution < -0.4 is 5.32 Å². The molecular weight excluding hydrogens is 380 g/mol. The third kappa shape index (κ3) is 4.88. The lowest BCUT2D eigenvalue weighted by atomic mass is 10.2. The Morgan fingerprint density at radius 2 is 1.81 bits per heavy atom. The number of rotatable bonds is 6. The molecule has 0 unspecified atom stereocenters. The summed E-state index contributed by atoms with van der Waals surface area (Å²) in [4.78, 5) is 24.2. The summed E-state index contributed by atoms with van der Waals surface area (Å²) in [6.45, 7) is 2.66. The van der Waals surface area contributed by atoms with Crippen molar-refractivity contribution in [3.63, 3.8) is 0 Å². The van der Waals surface area contributed by atoms with Gasteiger partial charge in [-0.15, -0.1) is 0 Å². The van der Waals surface area contributed by atoms with Gasteiger partial charge >= 0.3 is 5.97 Å². The van der Waals surface area contributed by atoms with Crippen molar-refractivity contribution in [2.75, 3.05) is 11.1 Å². The number of halogens is 2. The second-order valence-electron chi connectivity index (χ2n) is 5.56. The lowest BCUT2D eigenvalue weighted by Gasteiger charge is -2.15. The third-order valence-electron chi connectivity index (χ3n) is 3.66. The summed E-state index contributed by atoms with van der Waals surface area (Å²) in [6.07, 6.45) is -1.38. The van der Waals surface area contributed by atoms with Crippen LogP contribution >= 0.6 is 0 Å². The molecule has 2 aromatic carbocycles. The molecule has 2 aromatic rings. The fourth-order valence-electron chi connectivity index (χ4n) is 2.17. The number of esters is 1. The molecule has 0 saturated heterocycles. The van der Waals surface area contributed by atoms with Crippen LogP contribution in [0.5, 0.6) is 0 Å². The molecule has 27 heavy (non-hydrogen) atoms. The molecule has 0 aromatic heterocycles. The third-order valence-corrected chi connectivity index (χ3v) is 5.45. The van der Waals surface area contributed by atoms with Gasteiger partial charge in [-0.2, -0.15) is 0 Å². The summed E-state index contributed by atoms with van der Waals surface area (Å²) < 4.78 is 55.9. The summed E-state index contributed by atoms with van der Waals surface area (Å²) in [5, 5.41) is 2.11. The van der Waals surface area contributed by atoms with Crippen molar-refractivity contribution >= 4 is 27.4 Å². The van der Waals surface area contributed by atoms with Gasteiger partial charge in [-0.25, -0.2) is 22.0 Å². The van der Waals surface area contributed by atoms with E-state index >= 15 is 0 Å². The van der Waals surface area contributed by atoms with Gasteiger partial charge in [0, 0.05) is 6.07 Å². The number of nitrogens with one attached hydrogen (secondary N) is 1. The van der Waals surface area contributed by atoms with Crippen molar-refractivity contribution in [3.05, 3.63) is 59.7 Å². The lowest BCUT2D eigenvalue weighted by molar-refractivity contribution is -0.123. The standard InChI is InChI=1S/C18H17F2NO5S/c1-3-27(24,25)16-7-5-4-6-13(16)18(23)26-11(2)17(22)21-15-10-12(19)8-9-14(15)20/h4-11H,3H2,1-2H3,(H,21,22)/t11-/m1/s1. The maximum atomic E-state index is 13.6. The smallest absolute Gasteiger partial charge is 0.340 e. The molecule has 0 aliphatic carbocycles. The van der Waals surface area contributed by atoms with E-state index in [1.54, 1.807) is 0 Å². The number of ether oxygens (including phenoxy) is 1. The minimum Gasteiger partial charge on any atom is -0.449 e. The number of anilines is 1. The molecule has 0 fully saturated rings. The SMILES string of the molecule is CCS(=O)(=O)c1ccccc1C(=O)O[C@H](C)C(=O)Nc1cc(F)ccc1F. The van der Waals surface area contributed by atoms with Gasteiger partial charge in [-0.3, -0.25) is 4.79 Å².